The number of hydrogen-bond acceptors (Lipinski definition) is 3. The number of fused-ring (bicyclic) bond motifs is 1. The van der Waals surface area contributed by atoms with Gasteiger partial charge in [-0.1, -0.05) is 31.5 Å². The summed E-state index contributed by atoms with van der Waals surface area (Å²) < 4.78 is 26.6. The fourth-order valence-electron chi connectivity index (χ4n) is 2.78. The highest BCUT2D eigenvalue weighted by atomic mass is 32.2. The highest BCUT2D eigenvalue weighted by molar-refractivity contribution is 7.90. The summed E-state index contributed by atoms with van der Waals surface area (Å²) in [6, 6.07) is 8.40. The van der Waals surface area contributed by atoms with Gasteiger partial charge in [-0.25, -0.2) is 12.4 Å². The number of ketones is 1. The summed E-state index contributed by atoms with van der Waals surface area (Å²) in [5, 5.41) is 0. The van der Waals surface area contributed by atoms with E-state index in [2.05, 4.69) is 0 Å². The van der Waals surface area contributed by atoms with Crippen LogP contribution in [-0.4, -0.2) is 18.2 Å². The molecule has 1 aliphatic rings. The van der Waals surface area contributed by atoms with E-state index in [1.807, 2.05) is 20.8 Å². The first-order valence-corrected chi connectivity index (χ1v) is 8.35. The van der Waals surface area contributed by atoms with E-state index in [9.17, 15) is 13.2 Å². The molecule has 21 heavy (non-hydrogen) atoms. The van der Waals surface area contributed by atoms with Crippen molar-refractivity contribution in [3.8, 4) is 0 Å². The summed E-state index contributed by atoms with van der Waals surface area (Å²) in [6.07, 6.45) is 1.49. The van der Waals surface area contributed by atoms with Gasteiger partial charge in [0.2, 0.25) is 0 Å². The second-order valence-corrected chi connectivity index (χ2v) is 7.49. The molecule has 4 nitrogen and oxygen atoms in total. The largest absolute Gasteiger partial charge is 0.292 e. The maximum absolute atomic E-state index is 12.7. The Kier molecular flexibility index (Phi) is 3.06. The molecule has 0 amide bonds. The number of carbonyl (C=O) groups excluding carboxylic acids is 1. The van der Waals surface area contributed by atoms with Crippen LogP contribution in [0.5, 0.6) is 0 Å². The zero-order valence-electron chi connectivity index (χ0n) is 12.2. The maximum atomic E-state index is 12.7. The molecule has 2 aromatic rings. The lowest BCUT2D eigenvalue weighted by molar-refractivity contribution is 0.0931. The lowest BCUT2D eigenvalue weighted by Crippen LogP contribution is -2.18. The Morgan fingerprint density at radius 2 is 1.62 bits per heavy atom. The van der Waals surface area contributed by atoms with Gasteiger partial charge in [-0.2, -0.15) is 0 Å². The number of nitrogens with zero attached hydrogens (tertiary/aromatic N) is 1. The SMILES string of the molecule is Cc1ccc(S(=O)(=O)n2ccc3c2C(=O)[C@H](C)[C@@H]3C)cc1. The van der Waals surface area contributed by atoms with Gasteiger partial charge in [0.1, 0.15) is 5.69 Å². The van der Waals surface area contributed by atoms with Crippen LogP contribution in [0, 0.1) is 12.8 Å². The number of benzene rings is 1. The van der Waals surface area contributed by atoms with Gasteiger partial charge < -0.3 is 0 Å². The first-order chi connectivity index (χ1) is 9.84. The summed E-state index contributed by atoms with van der Waals surface area (Å²) in [6.45, 7) is 5.70. The average Bonchev–Trinajstić information content (AvgIpc) is 2.97. The summed E-state index contributed by atoms with van der Waals surface area (Å²) in [5.74, 6) is -0.212. The third-order valence-corrected chi connectivity index (χ3v) is 6.04. The zero-order valence-corrected chi connectivity index (χ0v) is 13.0. The van der Waals surface area contributed by atoms with Gasteiger partial charge >= 0.3 is 0 Å². The predicted molar refractivity (Wildman–Crippen MR) is 80.1 cm³/mol. The molecule has 0 bridgehead atoms. The molecule has 0 unspecified atom stereocenters. The van der Waals surface area contributed by atoms with E-state index in [4.69, 9.17) is 0 Å². The monoisotopic (exact) mass is 303 g/mol. The molecule has 0 N–H and O–H groups in total. The highest BCUT2D eigenvalue weighted by Gasteiger charge is 2.39. The van der Waals surface area contributed by atoms with Crippen molar-refractivity contribution >= 4 is 15.8 Å². The van der Waals surface area contributed by atoms with Crippen molar-refractivity contribution < 1.29 is 13.2 Å². The van der Waals surface area contributed by atoms with E-state index in [0.717, 1.165) is 15.1 Å². The molecule has 2 atom stereocenters. The second kappa shape index (κ2) is 4.56. The van der Waals surface area contributed by atoms with E-state index in [-0.39, 0.29) is 22.5 Å². The standard InChI is InChI=1S/C16H17NO3S/c1-10-4-6-13(7-5-10)21(19,20)17-9-8-14-11(2)12(3)16(18)15(14)17/h4-9,11-12H,1-3H3/t11-,12+/m0/s1. The Hall–Kier alpha value is -1.88. The third kappa shape index (κ3) is 1.95. The molecule has 1 aliphatic carbocycles. The van der Waals surface area contributed by atoms with Crippen LogP contribution >= 0.6 is 0 Å². The van der Waals surface area contributed by atoms with E-state index in [1.54, 1.807) is 30.3 Å². The average molecular weight is 303 g/mol. The Labute approximate surface area is 124 Å². The summed E-state index contributed by atoms with van der Waals surface area (Å²) >= 11 is 0. The molecule has 3 rings (SSSR count). The lowest BCUT2D eigenvalue weighted by Gasteiger charge is -2.10. The number of aromatic nitrogens is 1. The molecule has 0 saturated heterocycles. The normalized spacial score (nSPS) is 21.6. The molecule has 0 spiro atoms. The van der Waals surface area contributed by atoms with Gasteiger partial charge in [0.15, 0.2) is 5.78 Å². The van der Waals surface area contributed by atoms with Crippen molar-refractivity contribution in [2.75, 3.05) is 0 Å². The number of rotatable bonds is 2. The van der Waals surface area contributed by atoms with Crippen LogP contribution in [0.25, 0.3) is 0 Å². The molecule has 0 aliphatic heterocycles. The van der Waals surface area contributed by atoms with Crippen LogP contribution in [0.15, 0.2) is 41.4 Å². The number of carbonyl (C=O) groups is 1. The minimum absolute atomic E-state index is 0.0574. The topological polar surface area (TPSA) is 56.1 Å². The van der Waals surface area contributed by atoms with Crippen LogP contribution < -0.4 is 0 Å². The van der Waals surface area contributed by atoms with Gasteiger partial charge in [-0.15, -0.1) is 0 Å². The van der Waals surface area contributed by atoms with Gasteiger partial charge in [0, 0.05) is 12.1 Å². The van der Waals surface area contributed by atoms with E-state index < -0.39 is 10.0 Å². The van der Waals surface area contributed by atoms with Crippen molar-refractivity contribution in [2.45, 2.75) is 31.6 Å². The Morgan fingerprint density at radius 3 is 2.24 bits per heavy atom. The Morgan fingerprint density at radius 1 is 1.00 bits per heavy atom. The minimum Gasteiger partial charge on any atom is -0.292 e. The van der Waals surface area contributed by atoms with E-state index >= 15 is 0 Å². The number of Topliss-reactive ketones (excluding diaryl/α,β-unsaturated/α-hetero) is 1. The van der Waals surface area contributed by atoms with Crippen LogP contribution in [0.2, 0.25) is 0 Å². The van der Waals surface area contributed by atoms with Crippen molar-refractivity contribution in [2.24, 2.45) is 5.92 Å². The Bertz CT molecular complexity index is 816. The molecular formula is C16H17NO3S. The third-order valence-electron chi connectivity index (χ3n) is 4.35. The van der Waals surface area contributed by atoms with Gasteiger partial charge in [0.25, 0.3) is 10.0 Å². The van der Waals surface area contributed by atoms with Gasteiger partial charge in [-0.3, -0.25) is 4.79 Å². The minimum atomic E-state index is -3.72. The quantitative estimate of drug-likeness (QED) is 0.857. The number of aryl methyl sites for hydroxylation is 1. The Balaban J connectivity index is 2.17. The van der Waals surface area contributed by atoms with Crippen molar-refractivity contribution in [3.63, 3.8) is 0 Å². The van der Waals surface area contributed by atoms with Crippen molar-refractivity contribution in [1.82, 2.24) is 3.97 Å². The molecule has 1 aromatic heterocycles. The smallest absolute Gasteiger partial charge is 0.268 e. The lowest BCUT2D eigenvalue weighted by atomic mass is 9.97. The predicted octanol–water partition coefficient (Wildman–Crippen LogP) is 2.97. The molecule has 0 radical (unpaired) electrons. The molecule has 1 aromatic carbocycles. The molecule has 0 saturated carbocycles. The molecule has 1 heterocycles. The van der Waals surface area contributed by atoms with Gasteiger partial charge in [-0.05, 0) is 36.6 Å². The summed E-state index contributed by atoms with van der Waals surface area (Å²) in [4.78, 5) is 12.5. The van der Waals surface area contributed by atoms with E-state index in [1.165, 1.54) is 6.20 Å². The van der Waals surface area contributed by atoms with E-state index in [0.29, 0.717) is 5.69 Å². The first kappa shape index (κ1) is 14.1. The maximum Gasteiger partial charge on any atom is 0.268 e. The number of hydrogen-bond donors (Lipinski definition) is 0. The van der Waals surface area contributed by atoms with Crippen LogP contribution in [0.4, 0.5) is 0 Å². The fourth-order valence-corrected chi connectivity index (χ4v) is 4.15. The van der Waals surface area contributed by atoms with Crippen molar-refractivity contribution in [1.29, 1.82) is 0 Å². The van der Waals surface area contributed by atoms with Crippen LogP contribution in [0.1, 0.15) is 41.4 Å². The van der Waals surface area contributed by atoms with Crippen LogP contribution in [-0.2, 0) is 10.0 Å². The fraction of sp³-hybridized carbons (Fsp3) is 0.312. The van der Waals surface area contributed by atoms with Crippen molar-refractivity contribution in [3.05, 3.63) is 53.3 Å². The first-order valence-electron chi connectivity index (χ1n) is 6.91. The molecule has 110 valence electrons. The summed E-state index contributed by atoms with van der Waals surface area (Å²) in [7, 11) is -3.72. The second-order valence-electron chi connectivity index (χ2n) is 5.68. The molecule has 0 fully saturated rings. The van der Waals surface area contributed by atoms with Gasteiger partial charge in [0.05, 0.1) is 4.90 Å². The molecular weight excluding hydrogens is 286 g/mol. The van der Waals surface area contributed by atoms with Crippen LogP contribution in [0.3, 0.4) is 0 Å². The zero-order chi connectivity index (χ0) is 15.4. The highest BCUT2D eigenvalue weighted by Crippen LogP contribution is 2.39. The summed E-state index contributed by atoms with van der Waals surface area (Å²) in [5.41, 5.74) is 2.13. The molecule has 5 heteroatoms.